The summed E-state index contributed by atoms with van der Waals surface area (Å²) in [6.07, 6.45) is 63.2. The maximum atomic E-state index is 15.0. The summed E-state index contributed by atoms with van der Waals surface area (Å²) in [4.78, 5) is 33.7. The molecule has 0 aromatic heterocycles. The molecule has 1 rings (SSSR count). The van der Waals surface area contributed by atoms with Crippen molar-refractivity contribution in [2.75, 3.05) is 33.7 Å². The lowest BCUT2D eigenvalue weighted by Crippen LogP contribution is -2.65. The quantitative estimate of drug-likeness (QED) is 0.0489. The van der Waals surface area contributed by atoms with E-state index in [-0.39, 0.29) is 11.8 Å². The van der Waals surface area contributed by atoms with Crippen molar-refractivity contribution in [3.8, 4) is 0 Å². The van der Waals surface area contributed by atoms with E-state index in [0.717, 1.165) is 90.3 Å². The molecule has 0 aromatic rings. The summed E-state index contributed by atoms with van der Waals surface area (Å²) in [5, 5.41) is 3.40. The summed E-state index contributed by atoms with van der Waals surface area (Å²) in [6, 6.07) is 0. The van der Waals surface area contributed by atoms with Crippen molar-refractivity contribution >= 4 is 11.8 Å². The van der Waals surface area contributed by atoms with Crippen molar-refractivity contribution in [2.45, 2.75) is 322 Å². The molecule has 2 amide bonds. The van der Waals surface area contributed by atoms with Gasteiger partial charge in [-0.05, 0) is 97.7 Å². The predicted octanol–water partition coefficient (Wildman–Crippen LogP) is 18.4. The normalized spacial score (nSPS) is 13.6. The van der Waals surface area contributed by atoms with Gasteiger partial charge in [-0.3, -0.25) is 9.59 Å². The van der Waals surface area contributed by atoms with E-state index in [0.29, 0.717) is 5.91 Å². The Morgan fingerprint density at radius 3 is 1.15 bits per heavy atom. The third-order valence-electron chi connectivity index (χ3n) is 15.0. The Bertz CT molecular complexity index is 1020. The fourth-order valence-electron chi connectivity index (χ4n) is 10.4. The maximum absolute atomic E-state index is 15.0. The summed E-state index contributed by atoms with van der Waals surface area (Å²) in [5.41, 5.74) is -0.632. The van der Waals surface area contributed by atoms with Crippen LogP contribution < -0.4 is 5.32 Å². The van der Waals surface area contributed by atoms with Crippen LogP contribution in [0.2, 0.25) is 0 Å². The molecule has 5 heteroatoms. The second kappa shape index (κ2) is 46.4. The van der Waals surface area contributed by atoms with Crippen LogP contribution >= 0.6 is 0 Å². The van der Waals surface area contributed by atoms with Crippen LogP contribution in [0.1, 0.15) is 316 Å². The fraction of sp³-hybridized carbons (Fsp3) is 0.933. The smallest absolute Gasteiger partial charge is 0.245 e. The van der Waals surface area contributed by atoms with Crippen LogP contribution in [0.25, 0.3) is 0 Å². The zero-order chi connectivity index (χ0) is 47.2. The number of allylic oxidation sites excluding steroid dienone is 2. The van der Waals surface area contributed by atoms with Gasteiger partial charge in [-0.15, -0.1) is 0 Å². The Balaban J connectivity index is 2.73. The summed E-state index contributed by atoms with van der Waals surface area (Å²) >= 11 is 0. The zero-order valence-electron chi connectivity index (χ0n) is 45.1. The molecule has 0 heterocycles. The second-order valence-electron chi connectivity index (χ2n) is 21.5. The van der Waals surface area contributed by atoms with Crippen molar-refractivity contribution in [2.24, 2.45) is 5.92 Å². The van der Waals surface area contributed by atoms with Gasteiger partial charge in [-0.2, -0.15) is 0 Å². The first-order valence-electron chi connectivity index (χ1n) is 29.8. The number of rotatable bonds is 51. The zero-order valence-corrected chi connectivity index (χ0v) is 45.1. The van der Waals surface area contributed by atoms with Gasteiger partial charge in [-0.25, -0.2) is 0 Å². The van der Waals surface area contributed by atoms with Crippen LogP contribution in [0.3, 0.4) is 0 Å². The average molecular weight is 913 g/mol. The Morgan fingerprint density at radius 1 is 0.446 bits per heavy atom. The average Bonchev–Trinajstić information content (AvgIpc) is 3.28. The number of hydrogen-bond acceptors (Lipinski definition) is 3. The van der Waals surface area contributed by atoms with E-state index in [4.69, 9.17) is 0 Å². The topological polar surface area (TPSA) is 52.7 Å². The van der Waals surface area contributed by atoms with E-state index in [1.807, 2.05) is 0 Å². The van der Waals surface area contributed by atoms with Crippen molar-refractivity contribution < 1.29 is 9.59 Å². The Morgan fingerprint density at radius 2 is 0.785 bits per heavy atom. The van der Waals surface area contributed by atoms with Crippen molar-refractivity contribution in [1.29, 1.82) is 0 Å². The van der Waals surface area contributed by atoms with Crippen LogP contribution in [0.4, 0.5) is 0 Å². The molecule has 0 aliphatic heterocycles. The Kier molecular flexibility index (Phi) is 44.0. The summed E-state index contributed by atoms with van der Waals surface area (Å²) in [7, 11) is 4.30. The standard InChI is InChI=1S/C60H117N3O2/c1-6-9-12-15-18-21-24-27-28-29-30-33-36-39-42-46-54-61-59(65)60(52-49-53-60)63(56-48-43-47-55-62(4)5)58(64)57(50-44-40-37-34-31-25-22-19-16-13-10-7-2)51-45-41-38-35-32-26-23-20-17-14-11-8-3/h27-28,57H,6-26,29-56H2,1-5H3,(H,61,65)/b28-27-. The van der Waals surface area contributed by atoms with Crippen molar-refractivity contribution in [1.82, 2.24) is 15.1 Å². The van der Waals surface area contributed by atoms with Crippen LogP contribution in [-0.4, -0.2) is 60.9 Å². The number of unbranched alkanes of at least 4 members (excludes halogenated alkanes) is 36. The van der Waals surface area contributed by atoms with Gasteiger partial charge in [0.1, 0.15) is 5.54 Å². The molecular weight excluding hydrogens is 795 g/mol. The minimum absolute atomic E-state index is 0.0594. The van der Waals surface area contributed by atoms with Crippen molar-refractivity contribution in [3.63, 3.8) is 0 Å². The number of nitrogens with one attached hydrogen (secondary N) is 1. The van der Waals surface area contributed by atoms with E-state index in [1.54, 1.807) is 0 Å². The lowest BCUT2D eigenvalue weighted by atomic mass is 9.73. The highest BCUT2D eigenvalue weighted by molar-refractivity contribution is 5.93. The van der Waals surface area contributed by atoms with Gasteiger partial charge in [0.2, 0.25) is 11.8 Å². The second-order valence-corrected chi connectivity index (χ2v) is 21.5. The SMILES string of the molecule is CCCCCCCC/C=C\CCCCCCCCNC(=O)C1(N(CCCCCN(C)C)C(=O)C(CCCCCCCCCCCCCC)CCCCCCCCCCCCCC)CCC1. The van der Waals surface area contributed by atoms with E-state index in [1.165, 1.54) is 225 Å². The van der Waals surface area contributed by atoms with Crippen LogP contribution in [0.15, 0.2) is 12.2 Å². The van der Waals surface area contributed by atoms with Crippen LogP contribution in [0.5, 0.6) is 0 Å². The molecule has 65 heavy (non-hydrogen) atoms. The monoisotopic (exact) mass is 912 g/mol. The van der Waals surface area contributed by atoms with Gasteiger partial charge in [-0.1, -0.05) is 251 Å². The van der Waals surface area contributed by atoms with E-state index in [9.17, 15) is 9.59 Å². The molecule has 0 aromatic carbocycles. The van der Waals surface area contributed by atoms with Gasteiger partial charge in [0.15, 0.2) is 0 Å². The maximum Gasteiger partial charge on any atom is 0.245 e. The first kappa shape index (κ1) is 61.7. The molecule has 1 fully saturated rings. The van der Waals surface area contributed by atoms with Gasteiger partial charge >= 0.3 is 0 Å². The molecule has 1 aliphatic carbocycles. The highest BCUT2D eigenvalue weighted by atomic mass is 16.2. The Labute approximate surface area is 408 Å². The fourth-order valence-corrected chi connectivity index (χ4v) is 10.4. The summed E-state index contributed by atoms with van der Waals surface area (Å²) < 4.78 is 0. The summed E-state index contributed by atoms with van der Waals surface area (Å²) in [6.45, 7) is 9.45. The highest BCUT2D eigenvalue weighted by Crippen LogP contribution is 2.40. The molecule has 0 atom stereocenters. The molecule has 1 saturated carbocycles. The van der Waals surface area contributed by atoms with Gasteiger partial charge in [0, 0.05) is 19.0 Å². The molecule has 0 unspecified atom stereocenters. The molecule has 0 radical (unpaired) electrons. The molecular formula is C60H117N3O2. The van der Waals surface area contributed by atoms with Crippen LogP contribution in [0, 0.1) is 5.92 Å². The molecule has 0 saturated heterocycles. The largest absolute Gasteiger partial charge is 0.354 e. The highest BCUT2D eigenvalue weighted by Gasteiger charge is 2.51. The molecule has 0 spiro atoms. The number of nitrogens with zero attached hydrogens (tertiary/aromatic N) is 2. The minimum atomic E-state index is -0.632. The molecule has 0 bridgehead atoms. The predicted molar refractivity (Wildman–Crippen MR) is 288 cm³/mol. The Hall–Kier alpha value is -1.36. The number of carbonyl (C=O) groups excluding carboxylic acids is 2. The number of carbonyl (C=O) groups is 2. The molecule has 1 N–H and O–H groups in total. The van der Waals surface area contributed by atoms with Crippen LogP contribution in [-0.2, 0) is 9.59 Å². The van der Waals surface area contributed by atoms with E-state index >= 15 is 0 Å². The van der Waals surface area contributed by atoms with Gasteiger partial charge in [0.05, 0.1) is 0 Å². The van der Waals surface area contributed by atoms with Crippen molar-refractivity contribution in [3.05, 3.63) is 12.2 Å². The number of hydrogen-bond donors (Lipinski definition) is 1. The first-order valence-corrected chi connectivity index (χ1v) is 29.8. The van der Waals surface area contributed by atoms with Gasteiger partial charge < -0.3 is 15.1 Å². The lowest BCUT2D eigenvalue weighted by molar-refractivity contribution is -0.157. The third-order valence-corrected chi connectivity index (χ3v) is 15.0. The van der Waals surface area contributed by atoms with E-state index < -0.39 is 5.54 Å². The first-order chi connectivity index (χ1) is 31.9. The van der Waals surface area contributed by atoms with E-state index in [2.05, 4.69) is 62.1 Å². The third kappa shape index (κ3) is 34.6. The van der Waals surface area contributed by atoms with Gasteiger partial charge in [0.25, 0.3) is 0 Å². The molecule has 5 nitrogen and oxygen atoms in total. The molecule has 1 aliphatic rings. The molecule has 384 valence electrons. The minimum Gasteiger partial charge on any atom is -0.354 e. The lowest BCUT2D eigenvalue weighted by Gasteiger charge is -2.50. The summed E-state index contributed by atoms with van der Waals surface area (Å²) in [5.74, 6) is 0.521. The number of amides is 2.